The van der Waals surface area contributed by atoms with Gasteiger partial charge >= 0.3 is 0 Å². The lowest BCUT2D eigenvalue weighted by Crippen LogP contribution is -2.46. The number of amides is 1. The summed E-state index contributed by atoms with van der Waals surface area (Å²) in [7, 11) is 0. The number of nitrogens with one attached hydrogen (secondary N) is 2. The van der Waals surface area contributed by atoms with E-state index in [1.165, 1.54) is 0 Å². The van der Waals surface area contributed by atoms with Crippen molar-refractivity contribution in [2.75, 3.05) is 13.1 Å². The van der Waals surface area contributed by atoms with Gasteiger partial charge in [-0.3, -0.25) is 4.79 Å². The Morgan fingerprint density at radius 1 is 1.31 bits per heavy atom. The van der Waals surface area contributed by atoms with Crippen molar-refractivity contribution in [1.82, 2.24) is 10.6 Å². The molecule has 0 bridgehead atoms. The first kappa shape index (κ1) is 12.4. The number of likely N-dealkylation sites (N-methyl/N-ethyl adjacent to an activating group) is 1. The van der Waals surface area contributed by atoms with E-state index < -0.39 is 0 Å². The average Bonchev–Trinajstić information content (AvgIpc) is 1.99. The summed E-state index contributed by atoms with van der Waals surface area (Å²) < 4.78 is 0. The largest absolute Gasteiger partial charge is 0.350 e. The van der Waals surface area contributed by atoms with Crippen LogP contribution >= 0.6 is 0 Å². The van der Waals surface area contributed by atoms with Gasteiger partial charge in [0.25, 0.3) is 0 Å². The zero-order chi connectivity index (χ0) is 10.3. The highest BCUT2D eigenvalue weighted by Crippen LogP contribution is 2.09. The Kier molecular flexibility index (Phi) is 5.71. The third-order valence-electron chi connectivity index (χ3n) is 1.89. The molecule has 0 spiro atoms. The van der Waals surface area contributed by atoms with Crippen molar-refractivity contribution >= 4 is 5.91 Å². The summed E-state index contributed by atoms with van der Waals surface area (Å²) in [5.74, 6) is 0.0836. The van der Waals surface area contributed by atoms with Crippen molar-refractivity contribution in [3.05, 3.63) is 0 Å². The van der Waals surface area contributed by atoms with E-state index in [0.29, 0.717) is 6.54 Å². The van der Waals surface area contributed by atoms with Gasteiger partial charge in [0.05, 0.1) is 6.54 Å². The fraction of sp³-hybridized carbons (Fsp3) is 0.900. The molecular weight excluding hydrogens is 164 g/mol. The van der Waals surface area contributed by atoms with Gasteiger partial charge in [-0.25, -0.2) is 0 Å². The Morgan fingerprint density at radius 2 is 1.92 bits per heavy atom. The molecule has 0 radical (unpaired) electrons. The molecule has 0 aromatic carbocycles. The molecule has 0 heterocycles. The minimum Gasteiger partial charge on any atom is -0.350 e. The van der Waals surface area contributed by atoms with Crippen LogP contribution in [-0.4, -0.2) is 24.5 Å². The topological polar surface area (TPSA) is 41.1 Å². The standard InChI is InChI=1S/C10H22N2O/c1-5-7-10(3,4)12-9(13)8-11-6-2/h11H,5-8H2,1-4H3,(H,12,13). The van der Waals surface area contributed by atoms with Gasteiger partial charge in [-0.05, 0) is 26.8 Å². The lowest BCUT2D eigenvalue weighted by atomic mass is 9.99. The summed E-state index contributed by atoms with van der Waals surface area (Å²) in [5, 5.41) is 5.99. The Bertz CT molecular complexity index is 155. The van der Waals surface area contributed by atoms with Crippen molar-refractivity contribution in [1.29, 1.82) is 0 Å². The third-order valence-corrected chi connectivity index (χ3v) is 1.89. The quantitative estimate of drug-likeness (QED) is 0.656. The second-order valence-electron chi connectivity index (χ2n) is 3.96. The van der Waals surface area contributed by atoms with Gasteiger partial charge in [0.1, 0.15) is 0 Å². The van der Waals surface area contributed by atoms with Crippen LogP contribution in [0.4, 0.5) is 0 Å². The van der Waals surface area contributed by atoms with Gasteiger partial charge in [-0.15, -0.1) is 0 Å². The van der Waals surface area contributed by atoms with E-state index in [9.17, 15) is 4.79 Å². The Labute approximate surface area is 81.3 Å². The molecule has 0 saturated heterocycles. The van der Waals surface area contributed by atoms with Crippen molar-refractivity contribution < 1.29 is 4.79 Å². The number of hydrogen-bond donors (Lipinski definition) is 2. The van der Waals surface area contributed by atoms with Crippen LogP contribution in [0.5, 0.6) is 0 Å². The summed E-state index contributed by atoms with van der Waals surface area (Å²) >= 11 is 0. The molecule has 0 aliphatic rings. The first-order chi connectivity index (χ1) is 6.02. The predicted octanol–water partition coefficient (Wildman–Crippen LogP) is 1.29. The van der Waals surface area contributed by atoms with E-state index >= 15 is 0 Å². The highest BCUT2D eigenvalue weighted by atomic mass is 16.2. The van der Waals surface area contributed by atoms with Gasteiger partial charge < -0.3 is 10.6 Å². The second-order valence-corrected chi connectivity index (χ2v) is 3.96. The van der Waals surface area contributed by atoms with E-state index in [0.717, 1.165) is 19.4 Å². The molecule has 2 N–H and O–H groups in total. The molecule has 0 aliphatic carbocycles. The normalized spacial score (nSPS) is 11.4. The maximum Gasteiger partial charge on any atom is 0.234 e. The zero-order valence-electron chi connectivity index (χ0n) is 9.24. The maximum absolute atomic E-state index is 11.3. The van der Waals surface area contributed by atoms with E-state index in [4.69, 9.17) is 0 Å². The van der Waals surface area contributed by atoms with Crippen molar-refractivity contribution in [3.63, 3.8) is 0 Å². The van der Waals surface area contributed by atoms with Crippen LogP contribution in [-0.2, 0) is 4.79 Å². The van der Waals surface area contributed by atoms with Gasteiger partial charge in [-0.2, -0.15) is 0 Å². The molecule has 13 heavy (non-hydrogen) atoms. The van der Waals surface area contributed by atoms with E-state index in [2.05, 4.69) is 31.4 Å². The number of carbonyl (C=O) groups excluding carboxylic acids is 1. The summed E-state index contributed by atoms with van der Waals surface area (Å²) in [6.45, 7) is 9.48. The van der Waals surface area contributed by atoms with Crippen molar-refractivity contribution in [3.8, 4) is 0 Å². The predicted molar refractivity (Wildman–Crippen MR) is 55.7 cm³/mol. The minimum absolute atomic E-state index is 0.0682. The van der Waals surface area contributed by atoms with E-state index in [1.54, 1.807) is 0 Å². The second kappa shape index (κ2) is 5.97. The highest BCUT2D eigenvalue weighted by Gasteiger charge is 2.18. The number of rotatable bonds is 6. The van der Waals surface area contributed by atoms with Crippen LogP contribution in [0.15, 0.2) is 0 Å². The van der Waals surface area contributed by atoms with Crippen LogP contribution in [0, 0.1) is 0 Å². The highest BCUT2D eigenvalue weighted by molar-refractivity contribution is 5.78. The molecule has 0 fully saturated rings. The molecule has 1 amide bonds. The van der Waals surface area contributed by atoms with Crippen molar-refractivity contribution in [2.24, 2.45) is 0 Å². The molecule has 0 aromatic rings. The summed E-state index contributed by atoms with van der Waals surface area (Å²) in [4.78, 5) is 11.3. The number of hydrogen-bond acceptors (Lipinski definition) is 2. The fourth-order valence-corrected chi connectivity index (χ4v) is 1.35. The maximum atomic E-state index is 11.3. The van der Waals surface area contributed by atoms with Gasteiger partial charge in [0.2, 0.25) is 5.91 Å². The van der Waals surface area contributed by atoms with Crippen LogP contribution in [0.2, 0.25) is 0 Å². The summed E-state index contributed by atoms with van der Waals surface area (Å²) in [5.41, 5.74) is -0.0682. The molecule has 0 rings (SSSR count). The third kappa shape index (κ3) is 6.58. The zero-order valence-corrected chi connectivity index (χ0v) is 9.24. The Morgan fingerprint density at radius 3 is 2.38 bits per heavy atom. The monoisotopic (exact) mass is 186 g/mol. The Balaban J connectivity index is 3.75. The minimum atomic E-state index is -0.0682. The van der Waals surface area contributed by atoms with Gasteiger partial charge in [-0.1, -0.05) is 20.3 Å². The lowest BCUT2D eigenvalue weighted by Gasteiger charge is -2.25. The van der Waals surface area contributed by atoms with Gasteiger partial charge in [0, 0.05) is 5.54 Å². The number of carbonyl (C=O) groups is 1. The average molecular weight is 186 g/mol. The fourth-order valence-electron chi connectivity index (χ4n) is 1.35. The molecule has 0 atom stereocenters. The smallest absolute Gasteiger partial charge is 0.234 e. The van der Waals surface area contributed by atoms with Crippen LogP contribution in [0.1, 0.15) is 40.5 Å². The first-order valence-corrected chi connectivity index (χ1v) is 5.03. The lowest BCUT2D eigenvalue weighted by molar-refractivity contribution is -0.121. The SMILES string of the molecule is CCCC(C)(C)NC(=O)CNCC. The Hall–Kier alpha value is -0.570. The van der Waals surface area contributed by atoms with Gasteiger partial charge in [0.15, 0.2) is 0 Å². The molecule has 0 aromatic heterocycles. The van der Waals surface area contributed by atoms with Crippen LogP contribution in [0.25, 0.3) is 0 Å². The van der Waals surface area contributed by atoms with Crippen molar-refractivity contribution in [2.45, 2.75) is 46.1 Å². The first-order valence-electron chi connectivity index (χ1n) is 5.03. The summed E-state index contributed by atoms with van der Waals surface area (Å²) in [6, 6.07) is 0. The van der Waals surface area contributed by atoms with E-state index in [1.807, 2.05) is 6.92 Å². The molecule has 0 unspecified atom stereocenters. The van der Waals surface area contributed by atoms with E-state index in [-0.39, 0.29) is 11.4 Å². The molecule has 0 saturated carbocycles. The molecule has 0 aliphatic heterocycles. The molecule has 3 heteroatoms. The summed E-state index contributed by atoms with van der Waals surface area (Å²) in [6.07, 6.45) is 2.11. The van der Waals surface area contributed by atoms with Crippen LogP contribution in [0.3, 0.4) is 0 Å². The molecule has 3 nitrogen and oxygen atoms in total. The molecule has 78 valence electrons. The van der Waals surface area contributed by atoms with Crippen LogP contribution < -0.4 is 10.6 Å². The molecular formula is C10H22N2O.